The molecule has 88 valence electrons. The van der Waals surface area contributed by atoms with Crippen LogP contribution in [0.4, 0.5) is 5.69 Å². The number of nitrogens with one attached hydrogen (secondary N) is 1. The van der Waals surface area contributed by atoms with Gasteiger partial charge in [0, 0.05) is 19.1 Å². The van der Waals surface area contributed by atoms with E-state index in [1.54, 1.807) is 11.8 Å². The smallest absolute Gasteiger partial charge is 0.0958 e. The Bertz CT molecular complexity index is 326. The first-order valence-electron chi connectivity index (χ1n) is 5.75. The van der Waals surface area contributed by atoms with Gasteiger partial charge in [-0.2, -0.15) is 0 Å². The van der Waals surface area contributed by atoms with Crippen LogP contribution >= 0.6 is 11.8 Å². The van der Waals surface area contributed by atoms with E-state index < -0.39 is 0 Å². The van der Waals surface area contributed by atoms with Gasteiger partial charge < -0.3 is 10.2 Å². The summed E-state index contributed by atoms with van der Waals surface area (Å²) < 4.78 is 0. The van der Waals surface area contributed by atoms with Crippen LogP contribution in [0.3, 0.4) is 0 Å². The standard InChI is InChI=1S/C12H19N3S/c1-13-10-4-3-7-15(9-10)11-5-6-12(16-2)14-8-11/h5-6,8,10,13H,3-4,7,9H2,1-2H3/t10-/m1/s1. The Morgan fingerprint density at radius 1 is 1.50 bits per heavy atom. The fraction of sp³-hybridized carbons (Fsp3) is 0.583. The van der Waals surface area contributed by atoms with Crippen LogP contribution in [-0.4, -0.2) is 37.4 Å². The average Bonchev–Trinajstić information content (AvgIpc) is 2.39. The minimum Gasteiger partial charge on any atom is -0.369 e. The normalized spacial score (nSPS) is 21.1. The van der Waals surface area contributed by atoms with Gasteiger partial charge in [0.1, 0.15) is 0 Å². The molecule has 3 nitrogen and oxygen atoms in total. The van der Waals surface area contributed by atoms with Gasteiger partial charge in [-0.15, -0.1) is 11.8 Å². The summed E-state index contributed by atoms with van der Waals surface area (Å²) in [5.41, 5.74) is 1.25. The summed E-state index contributed by atoms with van der Waals surface area (Å²) in [4.78, 5) is 6.84. The maximum Gasteiger partial charge on any atom is 0.0958 e. The van der Waals surface area contributed by atoms with E-state index in [4.69, 9.17) is 0 Å². The second kappa shape index (κ2) is 5.55. The number of nitrogens with zero attached hydrogens (tertiary/aromatic N) is 2. The van der Waals surface area contributed by atoms with Crippen molar-refractivity contribution in [3.63, 3.8) is 0 Å². The molecule has 1 aliphatic rings. The number of rotatable bonds is 3. The monoisotopic (exact) mass is 237 g/mol. The summed E-state index contributed by atoms with van der Waals surface area (Å²) >= 11 is 1.69. The van der Waals surface area contributed by atoms with Gasteiger partial charge >= 0.3 is 0 Å². The van der Waals surface area contributed by atoms with Gasteiger partial charge in [-0.1, -0.05) is 0 Å². The molecule has 0 spiro atoms. The highest BCUT2D eigenvalue weighted by atomic mass is 32.2. The van der Waals surface area contributed by atoms with Crippen LogP contribution in [0.15, 0.2) is 23.4 Å². The predicted octanol–water partition coefficient (Wildman–Crippen LogP) is 1.99. The first-order chi connectivity index (χ1) is 7.83. The predicted molar refractivity (Wildman–Crippen MR) is 70.3 cm³/mol. The van der Waals surface area contributed by atoms with E-state index in [0.29, 0.717) is 6.04 Å². The number of piperidine rings is 1. The maximum absolute atomic E-state index is 4.42. The SMILES string of the molecule is CN[C@@H]1CCCN(c2ccc(SC)nc2)C1. The number of likely N-dealkylation sites (N-methyl/N-ethyl adjacent to an activating group) is 1. The highest BCUT2D eigenvalue weighted by molar-refractivity contribution is 7.98. The first-order valence-corrected chi connectivity index (χ1v) is 6.98. The molecule has 1 atom stereocenters. The highest BCUT2D eigenvalue weighted by Gasteiger charge is 2.18. The second-order valence-corrected chi connectivity index (χ2v) is 4.96. The fourth-order valence-corrected chi connectivity index (χ4v) is 2.49. The van der Waals surface area contributed by atoms with Crippen LogP contribution in [0.25, 0.3) is 0 Å². The molecule has 2 heterocycles. The number of anilines is 1. The number of hydrogen-bond acceptors (Lipinski definition) is 4. The zero-order chi connectivity index (χ0) is 11.4. The number of thioether (sulfide) groups is 1. The summed E-state index contributed by atoms with van der Waals surface area (Å²) in [6, 6.07) is 4.90. The Labute approximate surface area is 102 Å². The molecule has 0 aromatic carbocycles. The van der Waals surface area contributed by atoms with E-state index in [1.807, 2.05) is 13.2 Å². The summed E-state index contributed by atoms with van der Waals surface area (Å²) in [7, 11) is 2.04. The summed E-state index contributed by atoms with van der Waals surface area (Å²) in [5.74, 6) is 0. The molecule has 1 fully saturated rings. The van der Waals surface area contributed by atoms with Crippen molar-refractivity contribution >= 4 is 17.4 Å². The lowest BCUT2D eigenvalue weighted by Crippen LogP contribution is -2.44. The van der Waals surface area contributed by atoms with Crippen molar-refractivity contribution in [3.05, 3.63) is 18.3 Å². The summed E-state index contributed by atoms with van der Waals surface area (Å²) in [6.45, 7) is 2.25. The van der Waals surface area contributed by atoms with Crippen molar-refractivity contribution < 1.29 is 0 Å². The third-order valence-electron chi connectivity index (χ3n) is 3.12. The molecule has 0 saturated carbocycles. The molecule has 1 aromatic heterocycles. The first kappa shape index (κ1) is 11.7. The van der Waals surface area contributed by atoms with Crippen LogP contribution in [0.2, 0.25) is 0 Å². The Hall–Kier alpha value is -0.740. The molecule has 16 heavy (non-hydrogen) atoms. The van der Waals surface area contributed by atoms with E-state index >= 15 is 0 Å². The number of pyridine rings is 1. The lowest BCUT2D eigenvalue weighted by Gasteiger charge is -2.34. The number of hydrogen-bond donors (Lipinski definition) is 1. The third-order valence-corrected chi connectivity index (χ3v) is 3.78. The number of aromatic nitrogens is 1. The minimum atomic E-state index is 0.619. The van der Waals surface area contributed by atoms with Gasteiger partial charge in [-0.25, -0.2) is 4.98 Å². The van der Waals surface area contributed by atoms with Crippen LogP contribution in [0.5, 0.6) is 0 Å². The molecule has 4 heteroatoms. The largest absolute Gasteiger partial charge is 0.369 e. The Morgan fingerprint density at radius 3 is 3.00 bits per heavy atom. The van der Waals surface area contributed by atoms with E-state index in [-0.39, 0.29) is 0 Å². The van der Waals surface area contributed by atoms with Gasteiger partial charge in [0.2, 0.25) is 0 Å². The van der Waals surface area contributed by atoms with Crippen LogP contribution in [0.1, 0.15) is 12.8 Å². The van der Waals surface area contributed by atoms with Crippen molar-refractivity contribution in [2.24, 2.45) is 0 Å². The molecular formula is C12H19N3S. The molecule has 0 unspecified atom stereocenters. The van der Waals surface area contributed by atoms with E-state index in [0.717, 1.165) is 18.1 Å². The Morgan fingerprint density at radius 2 is 2.38 bits per heavy atom. The van der Waals surface area contributed by atoms with Crippen LogP contribution in [-0.2, 0) is 0 Å². The Balaban J connectivity index is 2.05. The fourth-order valence-electron chi connectivity index (χ4n) is 2.13. The van der Waals surface area contributed by atoms with Gasteiger partial charge in [-0.3, -0.25) is 0 Å². The zero-order valence-electron chi connectivity index (χ0n) is 9.94. The molecule has 0 aliphatic carbocycles. The van der Waals surface area contributed by atoms with Crippen molar-refractivity contribution in [1.82, 2.24) is 10.3 Å². The lowest BCUT2D eigenvalue weighted by atomic mass is 10.1. The van der Waals surface area contributed by atoms with Gasteiger partial charge in [0.25, 0.3) is 0 Å². The molecule has 0 bridgehead atoms. The maximum atomic E-state index is 4.42. The van der Waals surface area contributed by atoms with Gasteiger partial charge in [0.05, 0.1) is 16.9 Å². The van der Waals surface area contributed by atoms with Crippen LogP contribution < -0.4 is 10.2 Å². The zero-order valence-corrected chi connectivity index (χ0v) is 10.8. The molecule has 1 aromatic rings. The van der Waals surface area contributed by atoms with Gasteiger partial charge in [-0.05, 0) is 38.3 Å². The van der Waals surface area contributed by atoms with E-state index in [9.17, 15) is 0 Å². The van der Waals surface area contributed by atoms with Crippen molar-refractivity contribution in [1.29, 1.82) is 0 Å². The molecule has 0 radical (unpaired) electrons. The topological polar surface area (TPSA) is 28.2 Å². The molecule has 0 amide bonds. The molecular weight excluding hydrogens is 218 g/mol. The molecule has 1 aliphatic heterocycles. The van der Waals surface area contributed by atoms with Crippen molar-refractivity contribution in [2.45, 2.75) is 23.9 Å². The van der Waals surface area contributed by atoms with Crippen molar-refractivity contribution in [2.75, 3.05) is 31.3 Å². The average molecular weight is 237 g/mol. The summed E-state index contributed by atoms with van der Waals surface area (Å²) in [5, 5.41) is 4.45. The van der Waals surface area contributed by atoms with E-state index in [2.05, 4.69) is 33.6 Å². The van der Waals surface area contributed by atoms with E-state index in [1.165, 1.54) is 18.5 Å². The second-order valence-electron chi connectivity index (χ2n) is 4.13. The molecule has 1 N–H and O–H groups in total. The highest BCUT2D eigenvalue weighted by Crippen LogP contribution is 2.21. The van der Waals surface area contributed by atoms with Crippen molar-refractivity contribution in [3.8, 4) is 0 Å². The minimum absolute atomic E-state index is 0.619. The lowest BCUT2D eigenvalue weighted by molar-refractivity contribution is 0.449. The van der Waals surface area contributed by atoms with Gasteiger partial charge in [0.15, 0.2) is 0 Å². The molecule has 1 saturated heterocycles. The Kier molecular flexibility index (Phi) is 4.07. The third kappa shape index (κ3) is 2.68. The summed E-state index contributed by atoms with van der Waals surface area (Å²) in [6.07, 6.45) is 6.59. The van der Waals surface area contributed by atoms with Crippen LogP contribution in [0, 0.1) is 0 Å². The molecule has 2 rings (SSSR count). The quantitative estimate of drug-likeness (QED) is 0.814.